The number of anilines is 1. The average Bonchev–Trinajstić information content (AvgIpc) is 2.18. The third kappa shape index (κ3) is 2.41. The van der Waals surface area contributed by atoms with Gasteiger partial charge in [0.2, 0.25) is 0 Å². The lowest BCUT2D eigenvalue weighted by molar-refractivity contribution is 0.589. The minimum absolute atomic E-state index is 0.307. The lowest BCUT2D eigenvalue weighted by Gasteiger charge is -2.17. The van der Waals surface area contributed by atoms with Gasteiger partial charge in [0.15, 0.2) is 11.6 Å². The molecule has 0 radical (unpaired) electrons. The largest absolute Gasteiger partial charge is 0.356 e. The second kappa shape index (κ2) is 5.24. The molecule has 0 saturated carbocycles. The Balaban J connectivity index is 2.96. The van der Waals surface area contributed by atoms with Gasteiger partial charge in [0.1, 0.15) is 6.33 Å². The van der Waals surface area contributed by atoms with Crippen LogP contribution in [0.5, 0.6) is 0 Å². The molecule has 3 nitrogen and oxygen atoms in total. The van der Waals surface area contributed by atoms with Gasteiger partial charge >= 0.3 is 0 Å². The summed E-state index contributed by atoms with van der Waals surface area (Å²) in [6.45, 7) is 2.59. The van der Waals surface area contributed by atoms with E-state index in [1.165, 1.54) is 6.33 Å². The molecule has 0 N–H and O–H groups in total. The minimum Gasteiger partial charge on any atom is -0.356 e. The molecule has 0 fully saturated rings. The maximum atomic E-state index is 13.7. The maximum absolute atomic E-state index is 13.7. The molecule has 1 heterocycles. The summed E-state index contributed by atoms with van der Waals surface area (Å²) in [6, 6.07) is 0. The molecule has 1 aromatic rings. The molecule has 0 spiro atoms. The molecule has 0 aliphatic heterocycles. The topological polar surface area (TPSA) is 29.0 Å². The quantitative estimate of drug-likeness (QED) is 0.777. The predicted molar refractivity (Wildman–Crippen MR) is 58.4 cm³/mol. The molecular formula is C9H13BrFN3. The Kier molecular flexibility index (Phi) is 4.25. The molecule has 0 unspecified atom stereocenters. The number of rotatable bonds is 4. The van der Waals surface area contributed by atoms with Crippen LogP contribution in [0, 0.1) is 5.82 Å². The molecule has 5 heteroatoms. The summed E-state index contributed by atoms with van der Waals surface area (Å²) in [5.74, 6) is 0.0646. The molecule has 78 valence electrons. The van der Waals surface area contributed by atoms with E-state index in [-0.39, 0.29) is 5.82 Å². The van der Waals surface area contributed by atoms with Crippen molar-refractivity contribution in [3.05, 3.63) is 17.8 Å². The van der Waals surface area contributed by atoms with Crippen LogP contribution < -0.4 is 4.90 Å². The van der Waals surface area contributed by atoms with Gasteiger partial charge in [-0.25, -0.2) is 14.4 Å². The van der Waals surface area contributed by atoms with Crippen LogP contribution in [-0.2, 0) is 6.42 Å². The Labute approximate surface area is 91.5 Å². The smallest absolute Gasteiger partial charge is 0.187 e. The van der Waals surface area contributed by atoms with Gasteiger partial charge in [-0.3, -0.25) is 0 Å². The van der Waals surface area contributed by atoms with Gasteiger partial charge in [0.05, 0.1) is 5.69 Å². The molecule has 0 bridgehead atoms. The van der Waals surface area contributed by atoms with E-state index in [2.05, 4.69) is 25.9 Å². The first kappa shape index (κ1) is 11.4. The fourth-order valence-corrected chi connectivity index (χ4v) is 1.67. The number of hydrogen-bond acceptors (Lipinski definition) is 3. The molecule has 0 amide bonds. The van der Waals surface area contributed by atoms with Crippen LogP contribution >= 0.6 is 15.9 Å². The van der Waals surface area contributed by atoms with Crippen LogP contribution in [0.1, 0.15) is 12.6 Å². The van der Waals surface area contributed by atoms with Crippen molar-refractivity contribution in [1.29, 1.82) is 0 Å². The van der Waals surface area contributed by atoms with Crippen molar-refractivity contribution in [2.45, 2.75) is 13.3 Å². The van der Waals surface area contributed by atoms with E-state index in [0.29, 0.717) is 17.9 Å². The van der Waals surface area contributed by atoms with Crippen molar-refractivity contribution in [3.8, 4) is 0 Å². The van der Waals surface area contributed by atoms with Crippen LogP contribution in [0.15, 0.2) is 6.33 Å². The van der Waals surface area contributed by atoms with Gasteiger partial charge < -0.3 is 4.90 Å². The molecule has 0 atom stereocenters. The van der Waals surface area contributed by atoms with Crippen molar-refractivity contribution in [3.63, 3.8) is 0 Å². The fraction of sp³-hybridized carbons (Fsp3) is 0.556. The molecule has 1 aromatic heterocycles. The number of aryl methyl sites for hydroxylation is 1. The predicted octanol–water partition coefficient (Wildman–Crippen LogP) is 2.01. The number of alkyl halides is 1. The molecule has 0 aromatic carbocycles. The van der Waals surface area contributed by atoms with Gasteiger partial charge in [-0.15, -0.1) is 0 Å². The number of halogens is 2. The summed E-state index contributed by atoms with van der Waals surface area (Å²) < 4.78 is 13.7. The van der Waals surface area contributed by atoms with Crippen LogP contribution in [0.25, 0.3) is 0 Å². The zero-order valence-corrected chi connectivity index (χ0v) is 9.88. The van der Waals surface area contributed by atoms with E-state index in [0.717, 1.165) is 11.9 Å². The number of aromatic nitrogens is 2. The highest BCUT2D eigenvalue weighted by atomic mass is 79.9. The van der Waals surface area contributed by atoms with Crippen LogP contribution in [-0.4, -0.2) is 28.9 Å². The molecule has 14 heavy (non-hydrogen) atoms. The molecule has 0 saturated heterocycles. The molecular weight excluding hydrogens is 249 g/mol. The van der Waals surface area contributed by atoms with Gasteiger partial charge in [-0.05, 0) is 6.42 Å². The van der Waals surface area contributed by atoms with Crippen molar-refractivity contribution < 1.29 is 4.39 Å². The van der Waals surface area contributed by atoms with E-state index >= 15 is 0 Å². The first-order chi connectivity index (χ1) is 6.70. The van der Waals surface area contributed by atoms with Gasteiger partial charge in [-0.2, -0.15) is 0 Å². The Morgan fingerprint density at radius 3 is 2.79 bits per heavy atom. The SMILES string of the molecule is CCc1ncnc(N(C)CCBr)c1F. The van der Waals surface area contributed by atoms with E-state index in [1.807, 2.05) is 14.0 Å². The Morgan fingerprint density at radius 2 is 2.21 bits per heavy atom. The van der Waals surface area contributed by atoms with Gasteiger partial charge in [0, 0.05) is 18.9 Å². The zero-order valence-electron chi connectivity index (χ0n) is 8.30. The van der Waals surface area contributed by atoms with Crippen LogP contribution in [0.4, 0.5) is 10.2 Å². The van der Waals surface area contributed by atoms with Crippen molar-refractivity contribution >= 4 is 21.7 Å². The Morgan fingerprint density at radius 1 is 1.50 bits per heavy atom. The van der Waals surface area contributed by atoms with Crippen molar-refractivity contribution in [2.24, 2.45) is 0 Å². The van der Waals surface area contributed by atoms with Crippen LogP contribution in [0.3, 0.4) is 0 Å². The van der Waals surface area contributed by atoms with Crippen molar-refractivity contribution in [1.82, 2.24) is 9.97 Å². The summed E-state index contributed by atoms with van der Waals surface area (Å²) in [7, 11) is 1.81. The maximum Gasteiger partial charge on any atom is 0.187 e. The highest BCUT2D eigenvalue weighted by molar-refractivity contribution is 9.09. The minimum atomic E-state index is -0.307. The average molecular weight is 262 g/mol. The second-order valence-electron chi connectivity index (χ2n) is 2.92. The standard InChI is InChI=1S/C9H13BrFN3/c1-3-7-8(11)9(13-6-12-7)14(2)5-4-10/h6H,3-5H2,1-2H3. The summed E-state index contributed by atoms with van der Waals surface area (Å²) in [4.78, 5) is 9.57. The second-order valence-corrected chi connectivity index (χ2v) is 3.72. The van der Waals surface area contributed by atoms with Crippen LogP contribution in [0.2, 0.25) is 0 Å². The summed E-state index contributed by atoms with van der Waals surface area (Å²) in [5, 5.41) is 0.786. The Bertz CT molecular complexity index is 306. The monoisotopic (exact) mass is 261 g/mol. The van der Waals surface area contributed by atoms with E-state index < -0.39 is 0 Å². The first-order valence-electron chi connectivity index (χ1n) is 4.47. The van der Waals surface area contributed by atoms with E-state index in [9.17, 15) is 4.39 Å². The molecule has 0 aliphatic rings. The highest BCUT2D eigenvalue weighted by Crippen LogP contribution is 2.16. The third-order valence-corrected chi connectivity index (χ3v) is 2.31. The van der Waals surface area contributed by atoms with E-state index in [1.54, 1.807) is 4.90 Å². The normalized spacial score (nSPS) is 10.3. The molecule has 1 rings (SSSR count). The zero-order chi connectivity index (χ0) is 10.6. The van der Waals surface area contributed by atoms with Gasteiger partial charge in [-0.1, -0.05) is 22.9 Å². The number of nitrogens with zero attached hydrogens (tertiary/aromatic N) is 3. The highest BCUT2D eigenvalue weighted by Gasteiger charge is 2.12. The lowest BCUT2D eigenvalue weighted by Crippen LogP contribution is -2.22. The molecule has 0 aliphatic carbocycles. The van der Waals surface area contributed by atoms with E-state index in [4.69, 9.17) is 0 Å². The summed E-state index contributed by atoms with van der Waals surface area (Å²) in [6.07, 6.45) is 1.99. The van der Waals surface area contributed by atoms with Gasteiger partial charge in [0.25, 0.3) is 0 Å². The van der Waals surface area contributed by atoms with Crippen molar-refractivity contribution in [2.75, 3.05) is 23.8 Å². The third-order valence-electron chi connectivity index (χ3n) is 1.96. The summed E-state index contributed by atoms with van der Waals surface area (Å²) in [5.41, 5.74) is 0.469. The fourth-order valence-electron chi connectivity index (χ4n) is 1.14. The lowest BCUT2D eigenvalue weighted by atomic mass is 10.3. The Hall–Kier alpha value is -0.710. The summed E-state index contributed by atoms with van der Waals surface area (Å²) >= 11 is 3.30. The first-order valence-corrected chi connectivity index (χ1v) is 5.59. The number of hydrogen-bond donors (Lipinski definition) is 0.